The van der Waals surface area contributed by atoms with Crippen LogP contribution in [-0.4, -0.2) is 32.1 Å². The third kappa shape index (κ3) is 2.85. The second-order valence-electron chi connectivity index (χ2n) is 5.26. The maximum Gasteiger partial charge on any atom is 0.231 e. The van der Waals surface area contributed by atoms with E-state index in [1.807, 2.05) is 24.3 Å². The highest BCUT2D eigenvalue weighted by molar-refractivity contribution is 5.85. The first-order valence-corrected chi connectivity index (χ1v) is 7.22. The Bertz CT molecular complexity index is 525. The van der Waals surface area contributed by atoms with E-state index in [1.54, 1.807) is 0 Å². The van der Waals surface area contributed by atoms with Crippen LogP contribution < -0.4 is 15.4 Å². The van der Waals surface area contributed by atoms with Crippen molar-refractivity contribution >= 4 is 5.91 Å². The minimum atomic E-state index is -0.159. The molecule has 20 heavy (non-hydrogen) atoms. The molecular weight excluding hydrogens is 252 g/mol. The summed E-state index contributed by atoms with van der Waals surface area (Å²) in [5.74, 6) is 0.756. The average Bonchev–Trinajstić information content (AvgIpc) is 2.92. The molecule has 4 nitrogen and oxygen atoms in total. The Kier molecular flexibility index (Phi) is 4.02. The molecule has 2 N–H and O–H groups in total. The van der Waals surface area contributed by atoms with Crippen LogP contribution in [0.5, 0.6) is 5.75 Å². The highest BCUT2D eigenvalue weighted by Crippen LogP contribution is 2.33. The van der Waals surface area contributed by atoms with E-state index in [4.69, 9.17) is 4.74 Å². The van der Waals surface area contributed by atoms with Gasteiger partial charge in [-0.25, -0.2) is 0 Å². The van der Waals surface area contributed by atoms with E-state index in [-0.39, 0.29) is 11.8 Å². The van der Waals surface area contributed by atoms with Gasteiger partial charge >= 0.3 is 0 Å². The summed E-state index contributed by atoms with van der Waals surface area (Å²) in [5, 5.41) is 6.32. The molecule has 1 unspecified atom stereocenters. The fraction of sp³-hybridized carbons (Fsp3) is 0.438. The van der Waals surface area contributed by atoms with Crippen molar-refractivity contribution in [2.75, 3.05) is 26.2 Å². The molecule has 0 saturated heterocycles. The van der Waals surface area contributed by atoms with Crippen molar-refractivity contribution in [1.29, 1.82) is 0 Å². The van der Waals surface area contributed by atoms with Crippen molar-refractivity contribution in [3.8, 4) is 5.75 Å². The molecule has 1 aromatic rings. The van der Waals surface area contributed by atoms with Crippen molar-refractivity contribution in [3.63, 3.8) is 0 Å². The van der Waals surface area contributed by atoms with Crippen molar-refractivity contribution in [3.05, 3.63) is 41.5 Å². The fourth-order valence-electron chi connectivity index (χ4n) is 2.75. The largest absolute Gasteiger partial charge is 0.492 e. The molecule has 1 atom stereocenters. The average molecular weight is 272 g/mol. The van der Waals surface area contributed by atoms with Gasteiger partial charge < -0.3 is 15.4 Å². The number of amides is 1. The van der Waals surface area contributed by atoms with Crippen LogP contribution in [0, 0.1) is 0 Å². The van der Waals surface area contributed by atoms with Gasteiger partial charge in [-0.1, -0.05) is 29.8 Å². The number of para-hydroxylation sites is 1. The van der Waals surface area contributed by atoms with Gasteiger partial charge in [0.15, 0.2) is 0 Å². The van der Waals surface area contributed by atoms with E-state index in [0.717, 1.165) is 37.2 Å². The zero-order chi connectivity index (χ0) is 13.8. The number of carbonyl (C=O) groups is 1. The topological polar surface area (TPSA) is 50.4 Å². The van der Waals surface area contributed by atoms with Gasteiger partial charge in [0.2, 0.25) is 5.91 Å². The van der Waals surface area contributed by atoms with Gasteiger partial charge in [0.1, 0.15) is 18.3 Å². The second-order valence-corrected chi connectivity index (χ2v) is 5.26. The number of nitrogens with one attached hydrogen (secondary N) is 2. The lowest BCUT2D eigenvalue weighted by atomic mass is 10.0. The maximum atomic E-state index is 12.2. The van der Waals surface area contributed by atoms with Gasteiger partial charge in [-0.15, -0.1) is 0 Å². The minimum Gasteiger partial charge on any atom is -0.492 e. The predicted molar refractivity (Wildman–Crippen MR) is 77.9 cm³/mol. The molecule has 2 heterocycles. The highest BCUT2D eigenvalue weighted by atomic mass is 16.5. The lowest BCUT2D eigenvalue weighted by Crippen LogP contribution is -2.31. The van der Waals surface area contributed by atoms with E-state index in [0.29, 0.717) is 13.2 Å². The first kappa shape index (κ1) is 13.2. The molecule has 0 fully saturated rings. The van der Waals surface area contributed by atoms with E-state index in [2.05, 4.69) is 16.7 Å². The maximum absolute atomic E-state index is 12.2. The number of hydrogen-bond donors (Lipinski definition) is 2. The van der Waals surface area contributed by atoms with Crippen molar-refractivity contribution in [1.82, 2.24) is 10.6 Å². The van der Waals surface area contributed by atoms with Crippen LogP contribution in [0.3, 0.4) is 0 Å². The summed E-state index contributed by atoms with van der Waals surface area (Å²) < 4.78 is 5.55. The lowest BCUT2D eigenvalue weighted by molar-refractivity contribution is -0.122. The van der Waals surface area contributed by atoms with E-state index < -0.39 is 0 Å². The van der Waals surface area contributed by atoms with E-state index in [1.165, 1.54) is 5.57 Å². The Hall–Kier alpha value is -1.81. The van der Waals surface area contributed by atoms with Crippen molar-refractivity contribution in [2.24, 2.45) is 0 Å². The second kappa shape index (κ2) is 6.09. The predicted octanol–water partition coefficient (Wildman–Crippen LogP) is 1.59. The molecule has 106 valence electrons. The first-order valence-electron chi connectivity index (χ1n) is 7.22. The molecule has 0 bridgehead atoms. The summed E-state index contributed by atoms with van der Waals surface area (Å²) in [4.78, 5) is 12.2. The third-order valence-electron chi connectivity index (χ3n) is 3.92. The Morgan fingerprint density at radius 1 is 1.40 bits per heavy atom. The summed E-state index contributed by atoms with van der Waals surface area (Å²) in [6, 6.07) is 7.78. The van der Waals surface area contributed by atoms with Crippen LogP contribution in [0.15, 0.2) is 35.9 Å². The normalized spacial score (nSPS) is 20.8. The van der Waals surface area contributed by atoms with Gasteiger partial charge in [0.05, 0.1) is 0 Å². The van der Waals surface area contributed by atoms with Crippen molar-refractivity contribution < 1.29 is 9.53 Å². The number of hydrogen-bond acceptors (Lipinski definition) is 3. The Morgan fingerprint density at radius 2 is 2.30 bits per heavy atom. The zero-order valence-corrected chi connectivity index (χ0v) is 11.5. The zero-order valence-electron chi connectivity index (χ0n) is 11.5. The van der Waals surface area contributed by atoms with Gasteiger partial charge in [-0.3, -0.25) is 4.79 Å². The van der Waals surface area contributed by atoms with Gasteiger partial charge in [-0.05, 0) is 25.5 Å². The molecule has 2 aliphatic heterocycles. The summed E-state index contributed by atoms with van der Waals surface area (Å²) in [6.45, 7) is 3.16. The Labute approximate surface area is 119 Å². The van der Waals surface area contributed by atoms with Crippen LogP contribution in [0.1, 0.15) is 24.3 Å². The first-order chi connectivity index (χ1) is 9.84. The molecule has 1 aromatic carbocycles. The fourth-order valence-corrected chi connectivity index (χ4v) is 2.75. The number of benzene rings is 1. The van der Waals surface area contributed by atoms with Crippen molar-refractivity contribution in [2.45, 2.75) is 18.8 Å². The molecule has 0 spiro atoms. The van der Waals surface area contributed by atoms with E-state index >= 15 is 0 Å². The standard InChI is InChI=1S/C16H20N2O2/c19-16(18-10-7-12-5-8-17-9-6-12)14-11-20-15-4-2-1-3-13(14)15/h1-5,14,17H,6-11H2,(H,18,19). The summed E-state index contributed by atoms with van der Waals surface area (Å²) in [7, 11) is 0. The molecule has 0 saturated carbocycles. The van der Waals surface area contributed by atoms with Crippen LogP contribution in [0.4, 0.5) is 0 Å². The van der Waals surface area contributed by atoms with Gasteiger partial charge in [0, 0.05) is 18.7 Å². The molecule has 4 heteroatoms. The Balaban J connectivity index is 1.52. The lowest BCUT2D eigenvalue weighted by Gasteiger charge is -2.15. The van der Waals surface area contributed by atoms with Gasteiger partial charge in [-0.2, -0.15) is 0 Å². The molecule has 3 rings (SSSR count). The minimum absolute atomic E-state index is 0.0736. The molecule has 1 amide bonds. The quantitative estimate of drug-likeness (QED) is 0.818. The molecule has 0 aromatic heterocycles. The summed E-state index contributed by atoms with van der Waals surface area (Å²) >= 11 is 0. The monoisotopic (exact) mass is 272 g/mol. The third-order valence-corrected chi connectivity index (χ3v) is 3.92. The van der Waals surface area contributed by atoms with Crippen LogP contribution >= 0.6 is 0 Å². The molecule has 0 radical (unpaired) electrons. The summed E-state index contributed by atoms with van der Waals surface area (Å²) in [5.41, 5.74) is 2.44. The SMILES string of the molecule is O=C(NCCC1=CCNCC1)C1COc2ccccc21. The van der Waals surface area contributed by atoms with Crippen LogP contribution in [0.2, 0.25) is 0 Å². The Morgan fingerprint density at radius 3 is 3.15 bits per heavy atom. The number of ether oxygens (including phenoxy) is 1. The smallest absolute Gasteiger partial charge is 0.231 e. The molecule has 2 aliphatic rings. The number of carbonyl (C=O) groups excluding carboxylic acids is 1. The number of fused-ring (bicyclic) bond motifs is 1. The van der Waals surface area contributed by atoms with Crippen LogP contribution in [0.25, 0.3) is 0 Å². The summed E-state index contributed by atoms with van der Waals surface area (Å²) in [6.07, 6.45) is 4.26. The van der Waals surface area contributed by atoms with Gasteiger partial charge in [0.25, 0.3) is 0 Å². The number of rotatable bonds is 4. The highest BCUT2D eigenvalue weighted by Gasteiger charge is 2.29. The molecule has 0 aliphatic carbocycles. The van der Waals surface area contributed by atoms with E-state index in [9.17, 15) is 4.79 Å². The van der Waals surface area contributed by atoms with Crippen LogP contribution in [-0.2, 0) is 4.79 Å². The molecular formula is C16H20N2O2.